The predicted molar refractivity (Wildman–Crippen MR) is 52.5 cm³/mol. The molecule has 2 amide bonds. The van der Waals surface area contributed by atoms with Crippen LogP contribution in [-0.2, 0) is 0 Å². The molecule has 4 heteroatoms. The lowest BCUT2D eigenvalue weighted by atomic mass is 10.2. The van der Waals surface area contributed by atoms with Crippen molar-refractivity contribution in [3.8, 4) is 0 Å². The Kier molecular flexibility index (Phi) is 4.02. The SMILES string of the molecule is CCC1CCCN1C(=O)NCCN. The molecule has 0 spiro atoms. The van der Waals surface area contributed by atoms with Crippen LogP contribution in [0.3, 0.4) is 0 Å². The van der Waals surface area contributed by atoms with Gasteiger partial charge >= 0.3 is 6.03 Å². The number of rotatable bonds is 3. The van der Waals surface area contributed by atoms with Crippen molar-refractivity contribution in [2.24, 2.45) is 5.73 Å². The van der Waals surface area contributed by atoms with E-state index in [1.807, 2.05) is 4.90 Å². The van der Waals surface area contributed by atoms with Crippen molar-refractivity contribution in [2.45, 2.75) is 32.2 Å². The Morgan fingerprint density at radius 1 is 1.69 bits per heavy atom. The molecule has 1 aliphatic heterocycles. The second kappa shape index (κ2) is 5.07. The first-order chi connectivity index (χ1) is 6.29. The van der Waals surface area contributed by atoms with Crippen LogP contribution in [0, 0.1) is 0 Å². The van der Waals surface area contributed by atoms with Gasteiger partial charge in [0.25, 0.3) is 0 Å². The first kappa shape index (κ1) is 10.3. The van der Waals surface area contributed by atoms with Crippen molar-refractivity contribution in [2.75, 3.05) is 19.6 Å². The zero-order valence-corrected chi connectivity index (χ0v) is 8.25. The van der Waals surface area contributed by atoms with E-state index in [1.54, 1.807) is 0 Å². The lowest BCUT2D eigenvalue weighted by Gasteiger charge is -2.23. The fraction of sp³-hybridized carbons (Fsp3) is 0.889. The predicted octanol–water partition coefficient (Wildman–Crippen LogP) is 0.529. The van der Waals surface area contributed by atoms with E-state index < -0.39 is 0 Å². The maximum absolute atomic E-state index is 11.5. The maximum atomic E-state index is 11.5. The summed E-state index contributed by atoms with van der Waals surface area (Å²) in [6.07, 6.45) is 3.33. The van der Waals surface area contributed by atoms with Crippen LogP contribution in [0.5, 0.6) is 0 Å². The molecule has 3 N–H and O–H groups in total. The molecule has 4 nitrogen and oxygen atoms in total. The second-order valence-electron chi connectivity index (χ2n) is 3.42. The fourth-order valence-corrected chi connectivity index (χ4v) is 1.81. The van der Waals surface area contributed by atoms with Crippen LogP contribution in [-0.4, -0.2) is 36.6 Å². The number of carbonyl (C=O) groups is 1. The largest absolute Gasteiger partial charge is 0.337 e. The zero-order valence-electron chi connectivity index (χ0n) is 8.25. The minimum absolute atomic E-state index is 0.0507. The van der Waals surface area contributed by atoms with Crippen molar-refractivity contribution < 1.29 is 4.79 Å². The van der Waals surface area contributed by atoms with Gasteiger partial charge in [-0.1, -0.05) is 6.92 Å². The summed E-state index contributed by atoms with van der Waals surface area (Å²) in [5.74, 6) is 0. The third-order valence-corrected chi connectivity index (χ3v) is 2.53. The van der Waals surface area contributed by atoms with Crippen LogP contribution >= 0.6 is 0 Å². The number of nitrogens with zero attached hydrogens (tertiary/aromatic N) is 1. The van der Waals surface area contributed by atoms with Crippen molar-refractivity contribution >= 4 is 6.03 Å². The molecule has 76 valence electrons. The molecule has 1 atom stereocenters. The number of carbonyl (C=O) groups excluding carboxylic acids is 1. The number of hydrogen-bond acceptors (Lipinski definition) is 2. The molecule has 1 unspecified atom stereocenters. The van der Waals surface area contributed by atoms with Gasteiger partial charge in [-0.3, -0.25) is 0 Å². The molecule has 0 radical (unpaired) electrons. The monoisotopic (exact) mass is 185 g/mol. The van der Waals surface area contributed by atoms with Gasteiger partial charge in [0.05, 0.1) is 0 Å². The summed E-state index contributed by atoms with van der Waals surface area (Å²) in [6.45, 7) is 4.11. The molecule has 1 aliphatic rings. The smallest absolute Gasteiger partial charge is 0.317 e. The van der Waals surface area contributed by atoms with Crippen LogP contribution in [0.1, 0.15) is 26.2 Å². The van der Waals surface area contributed by atoms with Gasteiger partial charge < -0.3 is 16.0 Å². The Hall–Kier alpha value is -0.770. The van der Waals surface area contributed by atoms with Crippen LogP contribution in [0.25, 0.3) is 0 Å². The summed E-state index contributed by atoms with van der Waals surface area (Å²) < 4.78 is 0. The van der Waals surface area contributed by atoms with E-state index in [2.05, 4.69) is 12.2 Å². The minimum Gasteiger partial charge on any atom is -0.337 e. The highest BCUT2D eigenvalue weighted by Crippen LogP contribution is 2.19. The number of nitrogens with two attached hydrogens (primary N) is 1. The molecule has 0 aliphatic carbocycles. The van der Waals surface area contributed by atoms with E-state index in [0.29, 0.717) is 19.1 Å². The Labute approximate surface area is 79.5 Å². The number of amides is 2. The normalized spacial score (nSPS) is 22.0. The summed E-state index contributed by atoms with van der Waals surface area (Å²) in [5, 5.41) is 2.80. The van der Waals surface area contributed by atoms with Gasteiger partial charge in [0.1, 0.15) is 0 Å². The Morgan fingerprint density at radius 3 is 3.08 bits per heavy atom. The van der Waals surface area contributed by atoms with E-state index in [9.17, 15) is 4.79 Å². The second-order valence-corrected chi connectivity index (χ2v) is 3.42. The molecule has 1 rings (SSSR count). The quantitative estimate of drug-likeness (QED) is 0.674. The van der Waals surface area contributed by atoms with Crippen LogP contribution in [0.15, 0.2) is 0 Å². The average Bonchev–Trinajstić information content (AvgIpc) is 2.61. The van der Waals surface area contributed by atoms with E-state index in [4.69, 9.17) is 5.73 Å². The number of nitrogens with one attached hydrogen (secondary N) is 1. The summed E-state index contributed by atoms with van der Waals surface area (Å²) in [5.41, 5.74) is 5.31. The Balaban J connectivity index is 2.36. The third kappa shape index (κ3) is 2.59. The number of urea groups is 1. The highest BCUT2D eigenvalue weighted by Gasteiger charge is 2.26. The molecule has 0 aromatic heterocycles. The molecule has 0 aromatic rings. The van der Waals surface area contributed by atoms with Crippen molar-refractivity contribution in [3.05, 3.63) is 0 Å². The summed E-state index contributed by atoms with van der Waals surface area (Å²) in [7, 11) is 0. The third-order valence-electron chi connectivity index (χ3n) is 2.53. The summed E-state index contributed by atoms with van der Waals surface area (Å²) in [6, 6.07) is 0.493. The molecular weight excluding hydrogens is 166 g/mol. The molecular formula is C9H19N3O. The average molecular weight is 185 g/mol. The lowest BCUT2D eigenvalue weighted by molar-refractivity contribution is 0.191. The molecule has 1 fully saturated rings. The standard InChI is InChI=1S/C9H19N3O/c1-2-8-4-3-7-12(8)9(13)11-6-5-10/h8H,2-7,10H2,1H3,(H,11,13). The Morgan fingerprint density at radius 2 is 2.46 bits per heavy atom. The number of likely N-dealkylation sites (tertiary alicyclic amines) is 1. The van der Waals surface area contributed by atoms with E-state index in [-0.39, 0.29) is 6.03 Å². The van der Waals surface area contributed by atoms with Gasteiger partial charge in [-0.15, -0.1) is 0 Å². The topological polar surface area (TPSA) is 58.4 Å². The van der Waals surface area contributed by atoms with Crippen LogP contribution in [0.2, 0.25) is 0 Å². The lowest BCUT2D eigenvalue weighted by Crippen LogP contribution is -2.44. The van der Waals surface area contributed by atoms with Crippen molar-refractivity contribution in [3.63, 3.8) is 0 Å². The van der Waals surface area contributed by atoms with Gasteiger partial charge in [-0.05, 0) is 19.3 Å². The fourth-order valence-electron chi connectivity index (χ4n) is 1.81. The molecule has 13 heavy (non-hydrogen) atoms. The van der Waals surface area contributed by atoms with Crippen LogP contribution in [0.4, 0.5) is 4.79 Å². The van der Waals surface area contributed by atoms with E-state index in [0.717, 1.165) is 25.8 Å². The van der Waals surface area contributed by atoms with Gasteiger partial charge in [0.2, 0.25) is 0 Å². The van der Waals surface area contributed by atoms with Gasteiger partial charge in [0, 0.05) is 25.7 Å². The zero-order chi connectivity index (χ0) is 9.68. The van der Waals surface area contributed by atoms with Crippen molar-refractivity contribution in [1.29, 1.82) is 0 Å². The Bertz CT molecular complexity index is 172. The van der Waals surface area contributed by atoms with E-state index in [1.165, 1.54) is 0 Å². The van der Waals surface area contributed by atoms with Gasteiger partial charge in [-0.25, -0.2) is 4.79 Å². The van der Waals surface area contributed by atoms with Crippen molar-refractivity contribution in [1.82, 2.24) is 10.2 Å². The molecule has 0 bridgehead atoms. The molecule has 1 heterocycles. The summed E-state index contributed by atoms with van der Waals surface area (Å²) in [4.78, 5) is 13.5. The number of hydrogen-bond donors (Lipinski definition) is 2. The minimum atomic E-state index is 0.0507. The highest BCUT2D eigenvalue weighted by atomic mass is 16.2. The summed E-state index contributed by atoms with van der Waals surface area (Å²) >= 11 is 0. The first-order valence-corrected chi connectivity index (χ1v) is 5.04. The van der Waals surface area contributed by atoms with E-state index >= 15 is 0 Å². The van der Waals surface area contributed by atoms with Gasteiger partial charge in [0.15, 0.2) is 0 Å². The molecule has 1 saturated heterocycles. The van der Waals surface area contributed by atoms with Crippen LogP contribution < -0.4 is 11.1 Å². The first-order valence-electron chi connectivity index (χ1n) is 5.04. The molecule has 0 aromatic carbocycles. The highest BCUT2D eigenvalue weighted by molar-refractivity contribution is 5.74. The molecule has 0 saturated carbocycles. The maximum Gasteiger partial charge on any atom is 0.317 e. The van der Waals surface area contributed by atoms with Gasteiger partial charge in [-0.2, -0.15) is 0 Å².